The summed E-state index contributed by atoms with van der Waals surface area (Å²) in [6.45, 7) is 4.09. The Morgan fingerprint density at radius 2 is 1.61 bits per heavy atom. The summed E-state index contributed by atoms with van der Waals surface area (Å²) in [7, 11) is -3.96. The topological polar surface area (TPSA) is 88.4 Å². The molecule has 0 atom stereocenters. The molecule has 0 amide bonds. The first kappa shape index (κ1) is 21.4. The van der Waals surface area contributed by atoms with Crippen LogP contribution in [-0.2, 0) is 10.0 Å². The highest BCUT2D eigenvalue weighted by Gasteiger charge is 2.24. The number of sulfonamides is 1. The van der Waals surface area contributed by atoms with Gasteiger partial charge in [-0.2, -0.15) is 0 Å². The van der Waals surface area contributed by atoms with Crippen LogP contribution >= 0.6 is 0 Å². The van der Waals surface area contributed by atoms with Crippen molar-refractivity contribution in [1.82, 2.24) is 0 Å². The highest BCUT2D eigenvalue weighted by molar-refractivity contribution is 7.92. The second-order valence-electron chi connectivity index (χ2n) is 8.44. The molecule has 31 heavy (non-hydrogen) atoms. The van der Waals surface area contributed by atoms with Gasteiger partial charge in [-0.25, -0.2) is 13.2 Å². The maximum absolute atomic E-state index is 13.1. The number of fused-ring (bicyclic) bond motifs is 1. The van der Waals surface area contributed by atoms with Crippen LogP contribution < -0.4 is 15.7 Å². The Labute approximate surface area is 182 Å². The Hall–Kier alpha value is -2.80. The van der Waals surface area contributed by atoms with E-state index in [2.05, 4.69) is 10.0 Å². The molecule has 0 saturated heterocycles. The Morgan fingerprint density at radius 1 is 0.935 bits per heavy atom. The minimum atomic E-state index is -3.96. The summed E-state index contributed by atoms with van der Waals surface area (Å²) in [6.07, 6.45) is 5.39. The van der Waals surface area contributed by atoms with Crippen LogP contribution in [0.25, 0.3) is 11.0 Å². The zero-order valence-electron chi connectivity index (χ0n) is 17.9. The zero-order valence-corrected chi connectivity index (χ0v) is 18.7. The summed E-state index contributed by atoms with van der Waals surface area (Å²) >= 11 is 0. The Bertz CT molecular complexity index is 1220. The van der Waals surface area contributed by atoms with E-state index in [1.54, 1.807) is 36.4 Å². The van der Waals surface area contributed by atoms with Crippen molar-refractivity contribution in [3.8, 4) is 0 Å². The third kappa shape index (κ3) is 4.61. The maximum Gasteiger partial charge on any atom is 0.363 e. The van der Waals surface area contributed by atoms with E-state index in [1.165, 1.54) is 6.42 Å². The van der Waals surface area contributed by atoms with E-state index >= 15 is 0 Å². The van der Waals surface area contributed by atoms with Crippen LogP contribution in [0.3, 0.4) is 0 Å². The third-order valence-corrected chi connectivity index (χ3v) is 7.23. The molecule has 0 aliphatic heterocycles. The lowest BCUT2D eigenvalue weighted by Crippen LogP contribution is -2.26. The van der Waals surface area contributed by atoms with Crippen LogP contribution in [0.1, 0.15) is 57.4 Å². The van der Waals surface area contributed by atoms with E-state index in [9.17, 15) is 13.2 Å². The van der Waals surface area contributed by atoms with E-state index < -0.39 is 15.6 Å². The van der Waals surface area contributed by atoms with E-state index in [4.69, 9.17) is 4.42 Å². The molecule has 2 N–H and O–H groups in total. The van der Waals surface area contributed by atoms with Crippen LogP contribution in [0, 0.1) is 0 Å². The van der Waals surface area contributed by atoms with Crippen molar-refractivity contribution >= 4 is 32.4 Å². The normalized spacial score (nSPS) is 15.3. The van der Waals surface area contributed by atoms with Crippen molar-refractivity contribution in [1.29, 1.82) is 0 Å². The van der Waals surface area contributed by atoms with Gasteiger partial charge in [0.05, 0.1) is 10.6 Å². The number of benzene rings is 2. The lowest BCUT2D eigenvalue weighted by molar-refractivity contribution is 0.462. The second-order valence-corrected chi connectivity index (χ2v) is 10.1. The largest absolute Gasteiger partial charge is 0.421 e. The molecule has 1 fully saturated rings. The first-order valence-electron chi connectivity index (χ1n) is 10.8. The molecule has 4 rings (SSSR count). The monoisotopic (exact) mass is 440 g/mol. The molecule has 6 nitrogen and oxygen atoms in total. The lowest BCUT2D eigenvalue weighted by atomic mass is 9.95. The molecule has 0 radical (unpaired) electrons. The minimum absolute atomic E-state index is 0.0720. The molecular weight excluding hydrogens is 412 g/mol. The van der Waals surface area contributed by atoms with Crippen LogP contribution in [0.5, 0.6) is 0 Å². The molecule has 2 aromatic carbocycles. The van der Waals surface area contributed by atoms with E-state index in [0.29, 0.717) is 22.6 Å². The lowest BCUT2D eigenvalue weighted by Gasteiger charge is -2.25. The molecule has 3 aromatic rings. The number of hydrogen-bond donors (Lipinski definition) is 2. The van der Waals surface area contributed by atoms with Crippen molar-refractivity contribution in [2.24, 2.45) is 0 Å². The van der Waals surface area contributed by atoms with Crippen LogP contribution in [0.4, 0.5) is 11.4 Å². The predicted molar refractivity (Wildman–Crippen MR) is 124 cm³/mol. The van der Waals surface area contributed by atoms with Gasteiger partial charge in [0.2, 0.25) is 0 Å². The summed E-state index contributed by atoms with van der Waals surface area (Å²) in [5.41, 5.74) is 1.18. The number of rotatable bonds is 6. The van der Waals surface area contributed by atoms with Crippen molar-refractivity contribution in [3.05, 3.63) is 64.5 Å². The summed E-state index contributed by atoms with van der Waals surface area (Å²) in [5.74, 6) is 0.295. The third-order valence-electron chi connectivity index (χ3n) is 5.86. The van der Waals surface area contributed by atoms with Crippen molar-refractivity contribution in [2.45, 2.75) is 62.8 Å². The Kier molecular flexibility index (Phi) is 6.05. The quantitative estimate of drug-likeness (QED) is 0.497. The molecule has 1 saturated carbocycles. The van der Waals surface area contributed by atoms with Gasteiger partial charge in [-0.3, -0.25) is 4.72 Å². The molecule has 1 aliphatic rings. The standard InChI is InChI=1S/C24H28N2O4S/c1-16(2)17-12-14-19(15-13-17)31(28,29)26-23-22(25-18-8-4-3-5-9-18)20-10-6-7-11-21(20)30-24(23)27/h6-7,10-16,18,25-26H,3-5,8-9H2,1-2H3. The molecule has 0 unspecified atom stereocenters. The van der Waals surface area contributed by atoms with Gasteiger partial charge in [-0.1, -0.05) is 57.4 Å². The number of anilines is 2. The summed E-state index contributed by atoms with van der Waals surface area (Å²) < 4.78 is 34.1. The van der Waals surface area contributed by atoms with Gasteiger partial charge in [-0.05, 0) is 48.6 Å². The van der Waals surface area contributed by atoms with Gasteiger partial charge in [0.15, 0.2) is 5.69 Å². The fourth-order valence-corrected chi connectivity index (χ4v) is 5.14. The van der Waals surface area contributed by atoms with Crippen LogP contribution in [0.2, 0.25) is 0 Å². The summed E-state index contributed by atoms with van der Waals surface area (Å²) in [5, 5.41) is 4.13. The average Bonchev–Trinajstić information content (AvgIpc) is 2.77. The fraction of sp³-hybridized carbons (Fsp3) is 0.375. The molecule has 1 aliphatic carbocycles. The van der Waals surface area contributed by atoms with Crippen molar-refractivity contribution < 1.29 is 12.8 Å². The molecule has 1 aromatic heterocycles. The van der Waals surface area contributed by atoms with Gasteiger partial charge in [0, 0.05) is 11.4 Å². The highest BCUT2D eigenvalue weighted by Crippen LogP contribution is 2.33. The number of para-hydroxylation sites is 1. The number of nitrogens with one attached hydrogen (secondary N) is 2. The zero-order chi connectivity index (χ0) is 22.0. The van der Waals surface area contributed by atoms with Crippen molar-refractivity contribution in [2.75, 3.05) is 10.0 Å². The van der Waals surface area contributed by atoms with E-state index in [1.807, 2.05) is 26.0 Å². The maximum atomic E-state index is 13.1. The first-order chi connectivity index (χ1) is 14.8. The Morgan fingerprint density at radius 3 is 2.29 bits per heavy atom. The van der Waals surface area contributed by atoms with E-state index in [-0.39, 0.29) is 16.6 Å². The second kappa shape index (κ2) is 8.75. The van der Waals surface area contributed by atoms with Gasteiger partial charge in [0.25, 0.3) is 10.0 Å². The molecule has 1 heterocycles. The molecule has 0 bridgehead atoms. The Balaban J connectivity index is 1.76. The van der Waals surface area contributed by atoms with Crippen LogP contribution in [-0.4, -0.2) is 14.5 Å². The fourth-order valence-electron chi connectivity index (χ4n) is 4.07. The predicted octanol–water partition coefficient (Wildman–Crippen LogP) is 5.46. The molecule has 7 heteroatoms. The van der Waals surface area contributed by atoms with Crippen LogP contribution in [0.15, 0.2) is 62.6 Å². The molecule has 164 valence electrons. The molecular formula is C24H28N2O4S. The molecule has 0 spiro atoms. The summed E-state index contributed by atoms with van der Waals surface area (Å²) in [6, 6.07) is 14.1. The minimum Gasteiger partial charge on any atom is -0.421 e. The van der Waals surface area contributed by atoms with Gasteiger partial charge < -0.3 is 9.73 Å². The van der Waals surface area contributed by atoms with E-state index in [0.717, 1.165) is 31.2 Å². The van der Waals surface area contributed by atoms with Gasteiger partial charge >= 0.3 is 5.63 Å². The SMILES string of the molecule is CC(C)c1ccc(S(=O)(=O)Nc2c(NC3CCCCC3)c3ccccc3oc2=O)cc1. The number of hydrogen-bond acceptors (Lipinski definition) is 5. The first-order valence-corrected chi connectivity index (χ1v) is 12.3. The van der Waals surface area contributed by atoms with Crippen molar-refractivity contribution in [3.63, 3.8) is 0 Å². The summed E-state index contributed by atoms with van der Waals surface area (Å²) in [4.78, 5) is 12.9. The van der Waals surface area contributed by atoms with Gasteiger partial charge in [0.1, 0.15) is 5.58 Å². The average molecular weight is 441 g/mol. The van der Waals surface area contributed by atoms with Gasteiger partial charge in [-0.15, -0.1) is 0 Å². The highest BCUT2D eigenvalue weighted by atomic mass is 32.2. The smallest absolute Gasteiger partial charge is 0.363 e.